The van der Waals surface area contributed by atoms with E-state index in [1.54, 1.807) is 0 Å². The van der Waals surface area contributed by atoms with Crippen molar-refractivity contribution in [2.75, 3.05) is 65.7 Å². The minimum atomic E-state index is -0.178. The standard InChI is InChI=1S/C42H82N2O7/c1-4-7-10-13-18-23-37-49-40(46)27-33-43(30-21-16-17-22-36-45)31-26-32-44(34-28-41(47)50-38-24-19-14-11-8-5-2)35-29-42(48)51-39-25-20-15-12-9-6-3/h45H,4-39H2,1-3H3. The number of esters is 3. The number of hydrogen-bond acceptors (Lipinski definition) is 9. The number of nitrogens with zero attached hydrogens (tertiary/aromatic N) is 2. The van der Waals surface area contributed by atoms with Crippen LogP contribution in [0.5, 0.6) is 0 Å². The first-order valence-corrected chi connectivity index (χ1v) is 21.5. The third-order valence-corrected chi connectivity index (χ3v) is 9.51. The SMILES string of the molecule is CCCCCCCCOC(=O)CCN(CCCCCCO)CCCN(CCC(=O)OCCCCCCCC)CCC(=O)OCCCCCCCC. The quantitative estimate of drug-likeness (QED) is 0.0376. The van der Waals surface area contributed by atoms with Crippen LogP contribution in [0.15, 0.2) is 0 Å². The van der Waals surface area contributed by atoms with E-state index in [1.165, 1.54) is 77.0 Å². The minimum absolute atomic E-state index is 0.130. The lowest BCUT2D eigenvalue weighted by Gasteiger charge is -2.25. The van der Waals surface area contributed by atoms with Crippen LogP contribution in [0.3, 0.4) is 0 Å². The molecule has 0 aliphatic rings. The highest BCUT2D eigenvalue weighted by atomic mass is 16.5. The topological polar surface area (TPSA) is 106 Å². The summed E-state index contributed by atoms with van der Waals surface area (Å²) in [5.74, 6) is -0.485. The molecular weight excluding hydrogens is 644 g/mol. The zero-order valence-corrected chi connectivity index (χ0v) is 33.7. The summed E-state index contributed by atoms with van der Waals surface area (Å²) in [4.78, 5) is 42.2. The molecule has 0 aromatic carbocycles. The van der Waals surface area contributed by atoms with Gasteiger partial charge in [0, 0.05) is 26.2 Å². The molecule has 9 nitrogen and oxygen atoms in total. The molecule has 0 fully saturated rings. The summed E-state index contributed by atoms with van der Waals surface area (Å²) in [6, 6.07) is 0. The normalized spacial score (nSPS) is 11.4. The Balaban J connectivity index is 4.88. The van der Waals surface area contributed by atoms with Crippen LogP contribution in [-0.4, -0.2) is 98.5 Å². The Labute approximate surface area is 314 Å². The average molecular weight is 727 g/mol. The average Bonchev–Trinajstić information content (AvgIpc) is 3.13. The van der Waals surface area contributed by atoms with Crippen molar-refractivity contribution in [3.63, 3.8) is 0 Å². The molecule has 0 saturated heterocycles. The van der Waals surface area contributed by atoms with E-state index in [-0.39, 0.29) is 24.5 Å². The van der Waals surface area contributed by atoms with E-state index < -0.39 is 0 Å². The fraction of sp³-hybridized carbons (Fsp3) is 0.929. The van der Waals surface area contributed by atoms with Crippen molar-refractivity contribution in [1.29, 1.82) is 0 Å². The molecule has 0 atom stereocenters. The molecule has 0 aromatic heterocycles. The summed E-state index contributed by atoms with van der Waals surface area (Å²) in [6.45, 7) is 12.5. The van der Waals surface area contributed by atoms with Crippen LogP contribution in [0, 0.1) is 0 Å². The van der Waals surface area contributed by atoms with Crippen molar-refractivity contribution < 1.29 is 33.7 Å². The second-order valence-electron chi connectivity index (χ2n) is 14.4. The molecule has 0 saturated carbocycles. The Morgan fingerprint density at radius 3 is 1.04 bits per heavy atom. The molecule has 0 aliphatic heterocycles. The summed E-state index contributed by atoms with van der Waals surface area (Å²) in [5, 5.41) is 9.14. The summed E-state index contributed by atoms with van der Waals surface area (Å²) < 4.78 is 16.6. The lowest BCUT2D eigenvalue weighted by molar-refractivity contribution is -0.145. The molecule has 0 spiro atoms. The molecule has 0 rings (SSSR count). The van der Waals surface area contributed by atoms with Gasteiger partial charge in [0.15, 0.2) is 0 Å². The van der Waals surface area contributed by atoms with Crippen molar-refractivity contribution in [1.82, 2.24) is 9.80 Å². The highest BCUT2D eigenvalue weighted by Crippen LogP contribution is 2.10. The first-order chi connectivity index (χ1) is 25.0. The van der Waals surface area contributed by atoms with Crippen LogP contribution in [-0.2, 0) is 28.6 Å². The van der Waals surface area contributed by atoms with E-state index in [2.05, 4.69) is 30.6 Å². The summed E-state index contributed by atoms with van der Waals surface area (Å²) in [7, 11) is 0. The fourth-order valence-electron chi connectivity index (χ4n) is 6.16. The van der Waals surface area contributed by atoms with Gasteiger partial charge in [-0.25, -0.2) is 0 Å². The second kappa shape index (κ2) is 39.5. The maximum absolute atomic E-state index is 12.6. The van der Waals surface area contributed by atoms with Crippen LogP contribution < -0.4 is 0 Å². The first kappa shape index (κ1) is 49.3. The molecule has 1 N–H and O–H groups in total. The van der Waals surface area contributed by atoms with Gasteiger partial charge in [-0.2, -0.15) is 0 Å². The van der Waals surface area contributed by atoms with Gasteiger partial charge in [0.1, 0.15) is 0 Å². The van der Waals surface area contributed by atoms with Crippen molar-refractivity contribution in [3.8, 4) is 0 Å². The van der Waals surface area contributed by atoms with Gasteiger partial charge in [0.05, 0.1) is 39.1 Å². The molecule has 0 heterocycles. The van der Waals surface area contributed by atoms with Gasteiger partial charge in [0.2, 0.25) is 0 Å². The van der Waals surface area contributed by atoms with Crippen molar-refractivity contribution in [2.45, 2.75) is 188 Å². The summed E-state index contributed by atoms with van der Waals surface area (Å²) in [5.41, 5.74) is 0. The van der Waals surface area contributed by atoms with Crippen LogP contribution in [0.1, 0.15) is 188 Å². The molecule has 0 bridgehead atoms. The predicted molar refractivity (Wildman–Crippen MR) is 210 cm³/mol. The van der Waals surface area contributed by atoms with E-state index in [9.17, 15) is 14.4 Å². The van der Waals surface area contributed by atoms with E-state index in [0.717, 1.165) is 90.3 Å². The molecular formula is C42H82N2O7. The molecule has 0 amide bonds. The maximum atomic E-state index is 12.6. The number of unbranched alkanes of at least 4 members (excludes halogenated alkanes) is 18. The van der Waals surface area contributed by atoms with Gasteiger partial charge in [-0.15, -0.1) is 0 Å². The van der Waals surface area contributed by atoms with Gasteiger partial charge < -0.3 is 29.1 Å². The maximum Gasteiger partial charge on any atom is 0.307 e. The largest absolute Gasteiger partial charge is 0.466 e. The smallest absolute Gasteiger partial charge is 0.307 e. The molecule has 0 unspecified atom stereocenters. The molecule has 302 valence electrons. The number of ether oxygens (including phenoxy) is 3. The van der Waals surface area contributed by atoms with Crippen molar-refractivity contribution >= 4 is 17.9 Å². The highest BCUT2D eigenvalue weighted by molar-refractivity contribution is 5.70. The third kappa shape index (κ3) is 36.4. The summed E-state index contributed by atoms with van der Waals surface area (Å²) in [6.07, 6.45) is 26.6. The van der Waals surface area contributed by atoms with Gasteiger partial charge in [0.25, 0.3) is 0 Å². The second-order valence-corrected chi connectivity index (χ2v) is 14.4. The third-order valence-electron chi connectivity index (χ3n) is 9.51. The van der Waals surface area contributed by atoms with Gasteiger partial charge >= 0.3 is 17.9 Å². The van der Waals surface area contributed by atoms with E-state index in [0.29, 0.717) is 58.7 Å². The molecule has 0 aromatic rings. The van der Waals surface area contributed by atoms with E-state index in [4.69, 9.17) is 19.3 Å². The first-order valence-electron chi connectivity index (χ1n) is 21.5. The molecule has 0 radical (unpaired) electrons. The Hall–Kier alpha value is -1.71. The number of carbonyl (C=O) groups excluding carboxylic acids is 3. The number of aliphatic hydroxyl groups excluding tert-OH is 1. The number of hydrogen-bond donors (Lipinski definition) is 1. The predicted octanol–water partition coefficient (Wildman–Crippen LogP) is 9.41. The Morgan fingerprint density at radius 1 is 0.373 bits per heavy atom. The Kier molecular flexibility index (Phi) is 38.2. The molecule has 9 heteroatoms. The van der Waals surface area contributed by atoms with Crippen LogP contribution in [0.4, 0.5) is 0 Å². The number of carbonyl (C=O) groups is 3. The lowest BCUT2D eigenvalue weighted by Crippen LogP contribution is -2.34. The van der Waals surface area contributed by atoms with Gasteiger partial charge in [-0.1, -0.05) is 130 Å². The Morgan fingerprint density at radius 2 is 0.667 bits per heavy atom. The number of rotatable bonds is 40. The fourth-order valence-corrected chi connectivity index (χ4v) is 6.16. The van der Waals surface area contributed by atoms with Crippen LogP contribution in [0.2, 0.25) is 0 Å². The van der Waals surface area contributed by atoms with Gasteiger partial charge in [-0.05, 0) is 58.2 Å². The van der Waals surface area contributed by atoms with Crippen molar-refractivity contribution in [3.05, 3.63) is 0 Å². The van der Waals surface area contributed by atoms with Gasteiger partial charge in [-0.3, -0.25) is 14.4 Å². The van der Waals surface area contributed by atoms with E-state index >= 15 is 0 Å². The van der Waals surface area contributed by atoms with E-state index in [1.807, 2.05) is 0 Å². The monoisotopic (exact) mass is 727 g/mol. The van der Waals surface area contributed by atoms with Crippen molar-refractivity contribution in [2.24, 2.45) is 0 Å². The minimum Gasteiger partial charge on any atom is -0.466 e. The highest BCUT2D eigenvalue weighted by Gasteiger charge is 2.15. The molecule has 0 aliphatic carbocycles. The molecule has 51 heavy (non-hydrogen) atoms. The lowest BCUT2D eigenvalue weighted by atomic mass is 10.1. The zero-order chi connectivity index (χ0) is 37.5. The summed E-state index contributed by atoms with van der Waals surface area (Å²) >= 11 is 0. The van der Waals surface area contributed by atoms with Crippen LogP contribution >= 0.6 is 0 Å². The van der Waals surface area contributed by atoms with Crippen LogP contribution in [0.25, 0.3) is 0 Å². The number of aliphatic hydroxyl groups is 1. The Bertz CT molecular complexity index is 748. The zero-order valence-electron chi connectivity index (χ0n) is 33.7.